The third-order valence-corrected chi connectivity index (χ3v) is 3.22. The van der Waals surface area contributed by atoms with Gasteiger partial charge in [0.25, 0.3) is 0 Å². The number of benzene rings is 1. The zero-order chi connectivity index (χ0) is 11.5. The van der Waals surface area contributed by atoms with Crippen LogP contribution in [0.25, 0.3) is 0 Å². The van der Waals surface area contributed by atoms with Crippen LogP contribution in [0.4, 0.5) is 5.69 Å². The van der Waals surface area contributed by atoms with E-state index in [1.807, 2.05) is 6.92 Å². The summed E-state index contributed by atoms with van der Waals surface area (Å²) in [6.45, 7) is 4.08. The Balaban J connectivity index is 2.20. The number of hydrogen-bond donors (Lipinski definition) is 1. The highest BCUT2D eigenvalue weighted by Crippen LogP contribution is 2.26. The summed E-state index contributed by atoms with van der Waals surface area (Å²) >= 11 is 0. The van der Waals surface area contributed by atoms with E-state index >= 15 is 0 Å². The second-order valence-corrected chi connectivity index (χ2v) is 4.38. The number of hydrogen-bond acceptors (Lipinski definition) is 3. The number of rotatable bonds is 3. The largest absolute Gasteiger partial charge is 0.392 e. The number of methoxy groups -OCH3 is 1. The minimum Gasteiger partial charge on any atom is -0.392 e. The number of anilines is 1. The Labute approximate surface area is 96.6 Å². The van der Waals surface area contributed by atoms with Crippen molar-refractivity contribution >= 4 is 5.69 Å². The van der Waals surface area contributed by atoms with E-state index in [0.29, 0.717) is 6.10 Å². The second-order valence-electron chi connectivity index (χ2n) is 4.38. The molecule has 0 saturated carbocycles. The molecular formula is C13H19NO2. The first kappa shape index (κ1) is 11.4. The van der Waals surface area contributed by atoms with E-state index in [0.717, 1.165) is 30.8 Å². The van der Waals surface area contributed by atoms with E-state index in [2.05, 4.69) is 23.1 Å². The van der Waals surface area contributed by atoms with Crippen molar-refractivity contribution < 1.29 is 9.84 Å². The molecule has 0 spiro atoms. The van der Waals surface area contributed by atoms with Gasteiger partial charge in [0, 0.05) is 31.5 Å². The van der Waals surface area contributed by atoms with E-state index in [9.17, 15) is 5.11 Å². The molecule has 0 aliphatic carbocycles. The van der Waals surface area contributed by atoms with Crippen LogP contribution in [0.1, 0.15) is 17.5 Å². The molecule has 1 aliphatic rings. The molecule has 3 heteroatoms. The first-order valence-electron chi connectivity index (χ1n) is 5.72. The van der Waals surface area contributed by atoms with Gasteiger partial charge in [0.1, 0.15) is 0 Å². The third-order valence-electron chi connectivity index (χ3n) is 3.22. The first-order valence-corrected chi connectivity index (χ1v) is 5.72. The molecule has 1 aliphatic heterocycles. The minimum absolute atomic E-state index is 0.102. The van der Waals surface area contributed by atoms with Crippen molar-refractivity contribution in [2.75, 3.05) is 25.1 Å². The predicted octanol–water partition coefficient (Wildman–Crippen LogP) is 1.71. The number of ether oxygens (including phenoxy) is 1. The van der Waals surface area contributed by atoms with E-state index in [4.69, 9.17) is 4.74 Å². The molecule has 2 rings (SSSR count). The van der Waals surface area contributed by atoms with Gasteiger partial charge in [0.05, 0.1) is 12.7 Å². The molecule has 1 saturated heterocycles. The van der Waals surface area contributed by atoms with Crippen LogP contribution in [0.3, 0.4) is 0 Å². The van der Waals surface area contributed by atoms with Gasteiger partial charge in [-0.1, -0.05) is 17.7 Å². The van der Waals surface area contributed by atoms with E-state index in [-0.39, 0.29) is 6.61 Å². The average Bonchev–Trinajstić information content (AvgIpc) is 2.77. The van der Waals surface area contributed by atoms with Crippen LogP contribution >= 0.6 is 0 Å². The van der Waals surface area contributed by atoms with Gasteiger partial charge in [0.2, 0.25) is 0 Å². The molecule has 0 aromatic heterocycles. The van der Waals surface area contributed by atoms with Crippen LogP contribution < -0.4 is 4.90 Å². The molecule has 0 radical (unpaired) electrons. The smallest absolute Gasteiger partial charge is 0.0762 e. The lowest BCUT2D eigenvalue weighted by Crippen LogP contribution is -2.23. The van der Waals surface area contributed by atoms with Crippen molar-refractivity contribution in [1.82, 2.24) is 0 Å². The summed E-state index contributed by atoms with van der Waals surface area (Å²) in [7, 11) is 1.76. The van der Waals surface area contributed by atoms with Crippen LogP contribution in [-0.2, 0) is 11.3 Å². The molecule has 1 fully saturated rings. The van der Waals surface area contributed by atoms with Crippen molar-refractivity contribution in [2.45, 2.75) is 26.1 Å². The van der Waals surface area contributed by atoms with Crippen LogP contribution in [-0.4, -0.2) is 31.4 Å². The van der Waals surface area contributed by atoms with Crippen molar-refractivity contribution in [1.29, 1.82) is 0 Å². The normalized spacial score (nSPS) is 20.4. The van der Waals surface area contributed by atoms with Crippen molar-refractivity contribution in [3.8, 4) is 0 Å². The Morgan fingerprint density at radius 1 is 1.50 bits per heavy atom. The minimum atomic E-state index is 0.102. The van der Waals surface area contributed by atoms with Crippen molar-refractivity contribution in [2.24, 2.45) is 0 Å². The maximum atomic E-state index is 9.37. The second kappa shape index (κ2) is 4.85. The Bertz CT molecular complexity index is 365. The molecule has 0 amide bonds. The van der Waals surface area contributed by atoms with Gasteiger partial charge in [-0.15, -0.1) is 0 Å². The zero-order valence-electron chi connectivity index (χ0n) is 9.94. The molecule has 1 N–H and O–H groups in total. The molecule has 1 atom stereocenters. The molecule has 16 heavy (non-hydrogen) atoms. The Morgan fingerprint density at radius 3 is 2.94 bits per heavy atom. The van der Waals surface area contributed by atoms with Crippen LogP contribution in [0.2, 0.25) is 0 Å². The van der Waals surface area contributed by atoms with Crippen molar-refractivity contribution in [3.05, 3.63) is 29.3 Å². The third kappa shape index (κ3) is 2.20. The van der Waals surface area contributed by atoms with E-state index in [1.54, 1.807) is 7.11 Å². The highest BCUT2D eigenvalue weighted by molar-refractivity contribution is 5.55. The standard InChI is InChI=1S/C13H19NO2/c1-10-3-4-13(11(7-10)9-15)14-6-5-12(8-14)16-2/h3-4,7,12,15H,5-6,8-9H2,1-2H3. The Hall–Kier alpha value is -1.06. The summed E-state index contributed by atoms with van der Waals surface area (Å²) in [5.74, 6) is 0. The molecule has 1 aromatic rings. The number of aliphatic hydroxyl groups excluding tert-OH is 1. The summed E-state index contributed by atoms with van der Waals surface area (Å²) < 4.78 is 5.36. The molecule has 1 aromatic carbocycles. The summed E-state index contributed by atoms with van der Waals surface area (Å²) in [6, 6.07) is 6.24. The monoisotopic (exact) mass is 221 g/mol. The fourth-order valence-corrected chi connectivity index (χ4v) is 2.29. The van der Waals surface area contributed by atoms with Gasteiger partial charge in [-0.2, -0.15) is 0 Å². The van der Waals surface area contributed by atoms with Gasteiger partial charge < -0.3 is 14.7 Å². The molecule has 88 valence electrons. The zero-order valence-corrected chi connectivity index (χ0v) is 9.94. The topological polar surface area (TPSA) is 32.7 Å². The van der Waals surface area contributed by atoms with Gasteiger partial charge in [-0.05, 0) is 19.4 Å². The molecule has 1 heterocycles. The lowest BCUT2D eigenvalue weighted by molar-refractivity contribution is 0.121. The lowest BCUT2D eigenvalue weighted by Gasteiger charge is -2.21. The highest BCUT2D eigenvalue weighted by atomic mass is 16.5. The fraction of sp³-hybridized carbons (Fsp3) is 0.538. The fourth-order valence-electron chi connectivity index (χ4n) is 2.29. The summed E-state index contributed by atoms with van der Waals surface area (Å²) in [6.07, 6.45) is 1.39. The van der Waals surface area contributed by atoms with Crippen LogP contribution in [0.5, 0.6) is 0 Å². The summed E-state index contributed by atoms with van der Waals surface area (Å²) in [5, 5.41) is 9.37. The quantitative estimate of drug-likeness (QED) is 0.843. The van der Waals surface area contributed by atoms with E-state index < -0.39 is 0 Å². The molecular weight excluding hydrogens is 202 g/mol. The molecule has 1 unspecified atom stereocenters. The summed E-state index contributed by atoms with van der Waals surface area (Å²) in [5.41, 5.74) is 3.35. The maximum Gasteiger partial charge on any atom is 0.0762 e. The highest BCUT2D eigenvalue weighted by Gasteiger charge is 2.23. The Morgan fingerprint density at radius 2 is 2.31 bits per heavy atom. The van der Waals surface area contributed by atoms with Gasteiger partial charge in [-0.25, -0.2) is 0 Å². The van der Waals surface area contributed by atoms with Gasteiger partial charge >= 0.3 is 0 Å². The SMILES string of the molecule is COC1CCN(c2ccc(C)cc2CO)C1. The van der Waals surface area contributed by atoms with Gasteiger partial charge in [0.15, 0.2) is 0 Å². The van der Waals surface area contributed by atoms with Crippen LogP contribution in [0, 0.1) is 6.92 Å². The van der Waals surface area contributed by atoms with Crippen molar-refractivity contribution in [3.63, 3.8) is 0 Å². The predicted molar refractivity (Wildman–Crippen MR) is 64.7 cm³/mol. The summed E-state index contributed by atoms with van der Waals surface area (Å²) in [4.78, 5) is 2.29. The number of nitrogens with zero attached hydrogens (tertiary/aromatic N) is 1. The molecule has 0 bridgehead atoms. The van der Waals surface area contributed by atoms with E-state index in [1.165, 1.54) is 5.56 Å². The molecule has 3 nitrogen and oxygen atoms in total. The van der Waals surface area contributed by atoms with Gasteiger partial charge in [-0.3, -0.25) is 0 Å². The number of aryl methyl sites for hydroxylation is 1. The first-order chi connectivity index (χ1) is 7.74. The maximum absolute atomic E-state index is 9.37. The Kier molecular flexibility index (Phi) is 3.46. The average molecular weight is 221 g/mol. The lowest BCUT2D eigenvalue weighted by atomic mass is 10.1. The number of aliphatic hydroxyl groups is 1. The van der Waals surface area contributed by atoms with Crippen LogP contribution in [0.15, 0.2) is 18.2 Å².